The molecule has 3 aliphatic rings. The van der Waals surface area contributed by atoms with E-state index >= 15 is 0 Å². The zero-order valence-corrected chi connectivity index (χ0v) is 22.7. The Kier molecular flexibility index (Phi) is 7.76. The van der Waals surface area contributed by atoms with E-state index in [1.165, 1.54) is 16.7 Å². The number of amides is 2. The molecule has 0 bridgehead atoms. The van der Waals surface area contributed by atoms with Crippen molar-refractivity contribution in [3.63, 3.8) is 0 Å². The second-order valence-electron chi connectivity index (χ2n) is 10.4. The molecule has 3 aliphatic heterocycles. The minimum Gasteiger partial charge on any atom is -0.368 e. The third-order valence-corrected chi connectivity index (χ3v) is 8.04. The lowest BCUT2D eigenvalue weighted by Crippen LogP contribution is -2.52. The van der Waals surface area contributed by atoms with Crippen molar-refractivity contribution in [3.05, 3.63) is 46.6 Å². The second kappa shape index (κ2) is 10.9. The number of hydrogen-bond donors (Lipinski definition) is 1. The first-order valence-corrected chi connectivity index (χ1v) is 13.5. The van der Waals surface area contributed by atoms with E-state index in [9.17, 15) is 22.8 Å². The number of pyridine rings is 1. The summed E-state index contributed by atoms with van der Waals surface area (Å²) in [6.07, 6.45) is -3.73. The molecule has 2 atom stereocenters. The number of nitrogens with zero attached hydrogens (tertiary/aromatic N) is 5. The van der Waals surface area contributed by atoms with Crippen LogP contribution in [-0.2, 0) is 15.8 Å². The van der Waals surface area contributed by atoms with Crippen LogP contribution >= 0.6 is 11.6 Å². The van der Waals surface area contributed by atoms with Gasteiger partial charge in [0.05, 0.1) is 22.0 Å². The van der Waals surface area contributed by atoms with E-state index in [1.807, 2.05) is 0 Å². The third-order valence-electron chi connectivity index (χ3n) is 7.74. The van der Waals surface area contributed by atoms with Crippen LogP contribution in [-0.4, -0.2) is 80.6 Å². The molecular weight excluding hydrogens is 533 g/mol. The fourth-order valence-electron chi connectivity index (χ4n) is 5.89. The summed E-state index contributed by atoms with van der Waals surface area (Å²) < 4.78 is 40.8. The van der Waals surface area contributed by atoms with Crippen molar-refractivity contribution in [1.82, 2.24) is 15.2 Å². The van der Waals surface area contributed by atoms with Crippen LogP contribution in [0.4, 0.5) is 30.4 Å². The molecule has 5 rings (SSSR count). The van der Waals surface area contributed by atoms with Gasteiger partial charge >= 0.3 is 6.18 Å². The fraction of sp³-hybridized carbons (Fsp3) is 0.519. The van der Waals surface area contributed by atoms with Gasteiger partial charge < -0.3 is 20.0 Å². The summed E-state index contributed by atoms with van der Waals surface area (Å²) >= 11 is 6.68. The van der Waals surface area contributed by atoms with E-state index in [0.717, 1.165) is 57.0 Å². The highest BCUT2D eigenvalue weighted by atomic mass is 35.5. The maximum absolute atomic E-state index is 13.9. The normalized spacial score (nSPS) is 22.6. The predicted molar refractivity (Wildman–Crippen MR) is 144 cm³/mol. The fourth-order valence-corrected chi connectivity index (χ4v) is 6.18. The van der Waals surface area contributed by atoms with Gasteiger partial charge in [-0.3, -0.25) is 14.5 Å². The molecule has 210 valence electrons. The van der Waals surface area contributed by atoms with Crippen molar-refractivity contribution < 1.29 is 22.8 Å². The third kappa shape index (κ3) is 5.57. The maximum atomic E-state index is 13.9. The Morgan fingerprint density at radius 2 is 1.87 bits per heavy atom. The molecule has 0 unspecified atom stereocenters. The number of nitrogens with one attached hydrogen (secondary N) is 1. The van der Waals surface area contributed by atoms with E-state index < -0.39 is 29.6 Å². The highest BCUT2D eigenvalue weighted by Gasteiger charge is 2.49. The van der Waals surface area contributed by atoms with Gasteiger partial charge in [0.25, 0.3) is 0 Å². The summed E-state index contributed by atoms with van der Waals surface area (Å²) in [5.74, 6) is -1.41. The van der Waals surface area contributed by atoms with E-state index in [-0.39, 0.29) is 23.8 Å². The molecule has 8 nitrogen and oxygen atoms in total. The molecule has 1 aromatic heterocycles. The van der Waals surface area contributed by atoms with Crippen LogP contribution in [0.1, 0.15) is 24.1 Å². The van der Waals surface area contributed by atoms with E-state index in [2.05, 4.69) is 20.1 Å². The molecule has 0 saturated carbocycles. The monoisotopic (exact) mass is 564 g/mol. The Balaban J connectivity index is 1.49. The molecule has 4 heterocycles. The van der Waals surface area contributed by atoms with Crippen molar-refractivity contribution in [3.8, 4) is 0 Å². The Morgan fingerprint density at radius 3 is 2.59 bits per heavy atom. The lowest BCUT2D eigenvalue weighted by Gasteiger charge is -2.39. The summed E-state index contributed by atoms with van der Waals surface area (Å²) in [5, 5.41) is 3.85. The van der Waals surface area contributed by atoms with Crippen molar-refractivity contribution in [2.75, 3.05) is 67.6 Å². The topological polar surface area (TPSA) is 72.0 Å². The number of anilines is 3. The van der Waals surface area contributed by atoms with Crippen LogP contribution in [0.3, 0.4) is 0 Å². The van der Waals surface area contributed by atoms with Gasteiger partial charge in [-0.1, -0.05) is 17.7 Å². The molecule has 2 amide bonds. The SMILES string of the molecule is Cc1cc(C(F)(F)F)cc(N2C(=O)C[C@@H]3CN(CCCN4CCNCC4)c4c(Cl)cccc4N(C)C(=O)[C@H]32)n1. The van der Waals surface area contributed by atoms with Gasteiger partial charge in [-0.05, 0) is 44.2 Å². The van der Waals surface area contributed by atoms with E-state index in [1.54, 1.807) is 25.2 Å². The second-order valence-corrected chi connectivity index (χ2v) is 10.8. The number of halogens is 4. The van der Waals surface area contributed by atoms with Crippen LogP contribution in [0.2, 0.25) is 5.02 Å². The van der Waals surface area contributed by atoms with Crippen molar-refractivity contribution >= 4 is 40.6 Å². The number of likely N-dealkylation sites (N-methyl/N-ethyl adjacent to an activating group) is 1. The van der Waals surface area contributed by atoms with Gasteiger partial charge in [0.2, 0.25) is 11.8 Å². The first kappa shape index (κ1) is 27.7. The van der Waals surface area contributed by atoms with Crippen molar-refractivity contribution in [2.24, 2.45) is 5.92 Å². The Hall–Kier alpha value is -2.89. The number of para-hydroxylation sites is 1. The quantitative estimate of drug-likeness (QED) is 0.599. The lowest BCUT2D eigenvalue weighted by molar-refractivity contribution is -0.137. The summed E-state index contributed by atoms with van der Waals surface area (Å²) in [7, 11) is 1.62. The van der Waals surface area contributed by atoms with Crippen LogP contribution in [0.15, 0.2) is 30.3 Å². The molecule has 0 aliphatic carbocycles. The average Bonchev–Trinajstić information content (AvgIpc) is 3.21. The number of benzene rings is 1. The summed E-state index contributed by atoms with van der Waals surface area (Å²) in [6, 6.07) is 6.15. The van der Waals surface area contributed by atoms with Gasteiger partial charge in [-0.15, -0.1) is 0 Å². The molecule has 2 saturated heterocycles. The Morgan fingerprint density at radius 1 is 1.13 bits per heavy atom. The molecule has 0 spiro atoms. The Bertz CT molecular complexity index is 1250. The lowest BCUT2D eigenvalue weighted by atomic mass is 9.95. The standard InChI is InChI=1S/C27H32ClF3N6O2/c1-17-13-19(27(29,30)31)15-22(33-17)37-23(38)14-18-16-36(10-4-9-35-11-7-32-8-12-35)25-20(28)5-3-6-21(25)34(2)26(39)24(18)37/h3,5-6,13,15,18,24,32H,4,7-12,14,16H2,1-2H3/t18-,24+/m1/s1. The van der Waals surface area contributed by atoms with Gasteiger partial charge in [0.15, 0.2) is 0 Å². The Labute approximate surface area is 230 Å². The highest BCUT2D eigenvalue weighted by molar-refractivity contribution is 6.34. The van der Waals surface area contributed by atoms with Crippen molar-refractivity contribution in [2.45, 2.75) is 32.0 Å². The number of aromatic nitrogens is 1. The molecule has 12 heteroatoms. The number of carbonyl (C=O) groups excluding carboxylic acids is 2. The predicted octanol–water partition coefficient (Wildman–Crippen LogP) is 3.56. The zero-order chi connectivity index (χ0) is 27.9. The number of aryl methyl sites for hydroxylation is 1. The molecule has 1 aromatic carbocycles. The number of carbonyl (C=O) groups is 2. The van der Waals surface area contributed by atoms with Crippen LogP contribution in [0.5, 0.6) is 0 Å². The van der Waals surface area contributed by atoms with Crippen LogP contribution in [0.25, 0.3) is 0 Å². The molecular formula is C27H32ClF3N6O2. The molecule has 0 radical (unpaired) electrons. The largest absolute Gasteiger partial charge is 0.416 e. The summed E-state index contributed by atoms with van der Waals surface area (Å²) in [5.41, 5.74) is 0.544. The number of hydrogen-bond acceptors (Lipinski definition) is 6. The zero-order valence-electron chi connectivity index (χ0n) is 22.0. The summed E-state index contributed by atoms with van der Waals surface area (Å²) in [6.45, 7) is 7.23. The molecule has 1 N–H and O–H groups in total. The number of piperazine rings is 1. The summed E-state index contributed by atoms with van der Waals surface area (Å²) in [4.78, 5) is 38.6. The smallest absolute Gasteiger partial charge is 0.368 e. The average molecular weight is 565 g/mol. The van der Waals surface area contributed by atoms with Crippen molar-refractivity contribution in [1.29, 1.82) is 0 Å². The van der Waals surface area contributed by atoms with Crippen LogP contribution < -0.4 is 20.0 Å². The van der Waals surface area contributed by atoms with E-state index in [4.69, 9.17) is 11.6 Å². The van der Waals surface area contributed by atoms with Gasteiger partial charge in [-0.2, -0.15) is 13.2 Å². The first-order valence-electron chi connectivity index (χ1n) is 13.2. The maximum Gasteiger partial charge on any atom is 0.416 e. The number of alkyl halides is 3. The molecule has 2 fully saturated rings. The minimum atomic E-state index is -4.61. The van der Waals surface area contributed by atoms with Crippen LogP contribution in [0, 0.1) is 12.8 Å². The number of rotatable bonds is 5. The number of fused-ring (bicyclic) bond motifs is 2. The molecule has 39 heavy (non-hydrogen) atoms. The minimum absolute atomic E-state index is 0.0231. The first-order chi connectivity index (χ1) is 18.5. The van der Waals surface area contributed by atoms with E-state index in [0.29, 0.717) is 23.8 Å². The van der Waals surface area contributed by atoms with Gasteiger partial charge in [-0.25, -0.2) is 4.98 Å². The van der Waals surface area contributed by atoms with Gasteiger partial charge in [0, 0.05) is 64.3 Å². The van der Waals surface area contributed by atoms with Gasteiger partial charge in [0.1, 0.15) is 11.9 Å². The highest BCUT2D eigenvalue weighted by Crippen LogP contribution is 2.43. The molecule has 2 aromatic rings.